The van der Waals surface area contributed by atoms with E-state index in [0.29, 0.717) is 18.4 Å². The number of alkyl halides is 3. The number of anilines is 1. The Kier molecular flexibility index (Phi) is 7.13. The fourth-order valence-electron chi connectivity index (χ4n) is 2.84. The second-order valence-electron chi connectivity index (χ2n) is 6.80. The molecule has 1 amide bonds. The SMILES string of the molecule is CC(Cc1nnc(SCC(=O)Nc2ccc([N+](=O)[O-])cc2C(F)(F)F)o1)c1ccccc1. The topological polar surface area (TPSA) is 111 Å². The normalized spacial score (nSPS) is 12.4. The summed E-state index contributed by atoms with van der Waals surface area (Å²) in [6, 6.07) is 11.8. The molecule has 3 rings (SSSR count). The number of benzene rings is 2. The molecule has 1 N–H and O–H groups in total. The molecule has 1 atom stereocenters. The second-order valence-corrected chi connectivity index (χ2v) is 7.73. The first-order chi connectivity index (χ1) is 15.1. The van der Waals surface area contributed by atoms with Gasteiger partial charge in [0.2, 0.25) is 11.8 Å². The summed E-state index contributed by atoms with van der Waals surface area (Å²) in [5, 5.41) is 20.8. The predicted octanol–water partition coefficient (Wildman–Crippen LogP) is 5.07. The van der Waals surface area contributed by atoms with Crippen molar-refractivity contribution < 1.29 is 27.3 Å². The van der Waals surface area contributed by atoms with Gasteiger partial charge in [0.15, 0.2) is 0 Å². The van der Waals surface area contributed by atoms with E-state index in [-0.39, 0.29) is 16.9 Å². The third kappa shape index (κ3) is 6.06. The Morgan fingerprint density at radius 2 is 1.94 bits per heavy atom. The maximum Gasteiger partial charge on any atom is 0.418 e. The molecular weight excluding hydrogens is 449 g/mol. The molecule has 3 aromatic rings. The number of amides is 1. The van der Waals surface area contributed by atoms with E-state index in [2.05, 4.69) is 15.5 Å². The van der Waals surface area contributed by atoms with Crippen LogP contribution in [0.15, 0.2) is 58.2 Å². The molecule has 0 radical (unpaired) electrons. The van der Waals surface area contributed by atoms with Gasteiger partial charge in [-0.2, -0.15) is 13.2 Å². The van der Waals surface area contributed by atoms with E-state index in [1.807, 2.05) is 37.3 Å². The highest BCUT2D eigenvalue weighted by atomic mass is 32.2. The summed E-state index contributed by atoms with van der Waals surface area (Å²) >= 11 is 0.871. The highest BCUT2D eigenvalue weighted by Crippen LogP contribution is 2.37. The molecule has 32 heavy (non-hydrogen) atoms. The zero-order valence-electron chi connectivity index (χ0n) is 16.6. The maximum absolute atomic E-state index is 13.2. The summed E-state index contributed by atoms with van der Waals surface area (Å²) in [6.07, 6.45) is -4.39. The van der Waals surface area contributed by atoms with Gasteiger partial charge in [0.25, 0.3) is 10.9 Å². The van der Waals surface area contributed by atoms with Crippen molar-refractivity contribution >= 4 is 29.0 Å². The number of carbonyl (C=O) groups is 1. The number of nitrogens with zero attached hydrogens (tertiary/aromatic N) is 3. The molecule has 0 bridgehead atoms. The summed E-state index contributed by atoms with van der Waals surface area (Å²) in [5.74, 6) is -0.545. The first kappa shape index (κ1) is 23.3. The molecule has 1 aromatic heterocycles. The van der Waals surface area contributed by atoms with E-state index in [4.69, 9.17) is 4.42 Å². The molecular formula is C20H17F3N4O4S. The van der Waals surface area contributed by atoms with Crippen molar-refractivity contribution in [2.24, 2.45) is 0 Å². The molecule has 12 heteroatoms. The van der Waals surface area contributed by atoms with E-state index in [9.17, 15) is 28.1 Å². The Labute approximate surface area is 184 Å². The second kappa shape index (κ2) is 9.81. The monoisotopic (exact) mass is 466 g/mol. The number of hydrogen-bond donors (Lipinski definition) is 1. The molecule has 0 aliphatic heterocycles. The minimum absolute atomic E-state index is 0.107. The Bertz CT molecular complexity index is 1110. The lowest BCUT2D eigenvalue weighted by atomic mass is 9.98. The number of nitrogens with one attached hydrogen (secondary N) is 1. The van der Waals surface area contributed by atoms with Crippen LogP contribution in [0.4, 0.5) is 24.5 Å². The number of thioether (sulfide) groups is 1. The van der Waals surface area contributed by atoms with Gasteiger partial charge in [0.1, 0.15) is 0 Å². The fraction of sp³-hybridized carbons (Fsp3) is 0.250. The number of aromatic nitrogens is 2. The van der Waals surface area contributed by atoms with Gasteiger partial charge in [-0.3, -0.25) is 14.9 Å². The number of carbonyl (C=O) groups excluding carboxylic acids is 1. The summed E-state index contributed by atoms with van der Waals surface area (Å²) in [4.78, 5) is 21.9. The molecule has 0 aliphatic rings. The van der Waals surface area contributed by atoms with Crippen LogP contribution in [0, 0.1) is 10.1 Å². The minimum atomic E-state index is -4.88. The maximum atomic E-state index is 13.2. The molecule has 0 saturated carbocycles. The van der Waals surface area contributed by atoms with Crippen LogP contribution in [-0.2, 0) is 17.4 Å². The largest absolute Gasteiger partial charge is 0.418 e. The number of nitro benzene ring substituents is 1. The molecule has 2 aromatic carbocycles. The van der Waals surface area contributed by atoms with Crippen LogP contribution in [0.3, 0.4) is 0 Å². The van der Waals surface area contributed by atoms with Crippen molar-refractivity contribution in [3.63, 3.8) is 0 Å². The van der Waals surface area contributed by atoms with E-state index >= 15 is 0 Å². The zero-order valence-corrected chi connectivity index (χ0v) is 17.4. The number of hydrogen-bond acceptors (Lipinski definition) is 7. The standard InChI is InChI=1S/C20H17F3N4O4S/c1-12(13-5-3-2-4-6-13)9-18-25-26-19(31-18)32-11-17(28)24-16-8-7-14(27(29)30)10-15(16)20(21,22)23/h2-8,10,12H,9,11H2,1H3,(H,24,28). The van der Waals surface area contributed by atoms with Crippen molar-refractivity contribution in [3.05, 3.63) is 75.7 Å². The predicted molar refractivity (Wildman–Crippen MR) is 110 cm³/mol. The van der Waals surface area contributed by atoms with Gasteiger partial charge in [-0.05, 0) is 17.5 Å². The summed E-state index contributed by atoms with van der Waals surface area (Å²) in [6.45, 7) is 2.00. The fourth-order valence-corrected chi connectivity index (χ4v) is 3.42. The van der Waals surface area contributed by atoms with Crippen LogP contribution in [0.5, 0.6) is 0 Å². The molecule has 0 saturated heterocycles. The van der Waals surface area contributed by atoms with Crippen LogP contribution < -0.4 is 5.32 Å². The van der Waals surface area contributed by atoms with Crippen molar-refractivity contribution in [1.29, 1.82) is 0 Å². The van der Waals surface area contributed by atoms with Crippen molar-refractivity contribution in [1.82, 2.24) is 10.2 Å². The van der Waals surface area contributed by atoms with Crippen LogP contribution in [-0.4, -0.2) is 26.8 Å². The molecule has 1 heterocycles. The van der Waals surface area contributed by atoms with Crippen LogP contribution >= 0.6 is 11.8 Å². The molecule has 1 unspecified atom stereocenters. The van der Waals surface area contributed by atoms with Gasteiger partial charge < -0.3 is 9.73 Å². The molecule has 0 fully saturated rings. The highest BCUT2D eigenvalue weighted by molar-refractivity contribution is 7.99. The smallest absolute Gasteiger partial charge is 0.416 e. The Balaban J connectivity index is 1.59. The molecule has 8 nitrogen and oxygen atoms in total. The van der Waals surface area contributed by atoms with Gasteiger partial charge >= 0.3 is 6.18 Å². The lowest BCUT2D eigenvalue weighted by Crippen LogP contribution is -2.18. The first-order valence-electron chi connectivity index (χ1n) is 9.29. The van der Waals surface area contributed by atoms with Crippen LogP contribution in [0.25, 0.3) is 0 Å². The van der Waals surface area contributed by atoms with Crippen molar-refractivity contribution in [3.8, 4) is 0 Å². The number of nitro groups is 1. The average Bonchev–Trinajstić information content (AvgIpc) is 3.19. The summed E-state index contributed by atoms with van der Waals surface area (Å²) < 4.78 is 45.1. The third-order valence-corrected chi connectivity index (χ3v) is 5.24. The highest BCUT2D eigenvalue weighted by Gasteiger charge is 2.35. The molecule has 168 valence electrons. The number of halogens is 3. The van der Waals surface area contributed by atoms with Gasteiger partial charge in [-0.15, -0.1) is 10.2 Å². The Morgan fingerprint density at radius 1 is 1.22 bits per heavy atom. The van der Waals surface area contributed by atoms with Crippen LogP contribution in [0.1, 0.15) is 29.9 Å². The third-order valence-electron chi connectivity index (χ3n) is 4.42. The van der Waals surface area contributed by atoms with Crippen molar-refractivity contribution in [2.75, 3.05) is 11.1 Å². The quantitative estimate of drug-likeness (QED) is 0.280. The molecule has 0 aliphatic carbocycles. The summed E-state index contributed by atoms with van der Waals surface area (Å²) in [7, 11) is 0. The van der Waals surface area contributed by atoms with Gasteiger partial charge in [0, 0.05) is 18.6 Å². The Hall–Kier alpha value is -3.41. The minimum Gasteiger partial charge on any atom is -0.416 e. The van der Waals surface area contributed by atoms with E-state index in [1.54, 1.807) is 0 Å². The lowest BCUT2D eigenvalue weighted by molar-refractivity contribution is -0.385. The summed E-state index contributed by atoms with van der Waals surface area (Å²) in [5.41, 5.74) is -1.51. The van der Waals surface area contributed by atoms with Gasteiger partial charge in [0.05, 0.1) is 21.9 Å². The number of rotatable bonds is 8. The molecule has 0 spiro atoms. The van der Waals surface area contributed by atoms with Gasteiger partial charge in [-0.1, -0.05) is 49.0 Å². The van der Waals surface area contributed by atoms with E-state index < -0.39 is 33.9 Å². The van der Waals surface area contributed by atoms with Gasteiger partial charge in [-0.25, -0.2) is 0 Å². The zero-order chi connectivity index (χ0) is 23.3. The van der Waals surface area contributed by atoms with E-state index in [1.165, 1.54) is 0 Å². The van der Waals surface area contributed by atoms with E-state index in [0.717, 1.165) is 29.5 Å². The van der Waals surface area contributed by atoms with Crippen LogP contribution in [0.2, 0.25) is 0 Å². The lowest BCUT2D eigenvalue weighted by Gasteiger charge is -2.13. The number of non-ortho nitro benzene ring substituents is 1. The first-order valence-corrected chi connectivity index (χ1v) is 10.3. The average molecular weight is 466 g/mol. The Morgan fingerprint density at radius 3 is 2.59 bits per heavy atom. The van der Waals surface area contributed by atoms with Crippen molar-refractivity contribution in [2.45, 2.75) is 30.7 Å².